The summed E-state index contributed by atoms with van der Waals surface area (Å²) in [6, 6.07) is 10.1. The number of fused-ring (bicyclic) bond motifs is 5. The van der Waals surface area contributed by atoms with Gasteiger partial charge in [0.25, 0.3) is 5.91 Å². The molecule has 3 N–H and O–H groups in total. The van der Waals surface area contributed by atoms with Crippen LogP contribution in [0.4, 0.5) is 0 Å². The number of hydrogen-bond acceptors (Lipinski definition) is 8. The first-order chi connectivity index (χ1) is 19.4. The molecular weight excluding hydrogens is 550 g/mol. The molecule has 1 aromatic heterocycles. The van der Waals surface area contributed by atoms with Crippen molar-refractivity contribution >= 4 is 33.0 Å². The van der Waals surface area contributed by atoms with Gasteiger partial charge in [-0.05, 0) is 60.2 Å². The molecule has 11 nitrogen and oxygen atoms in total. The molecule has 220 valence electrons. The lowest BCUT2D eigenvalue weighted by Crippen LogP contribution is -2.48. The maximum absolute atomic E-state index is 13.1. The van der Waals surface area contributed by atoms with E-state index < -0.39 is 33.8 Å². The van der Waals surface area contributed by atoms with Crippen LogP contribution in [0.1, 0.15) is 65.6 Å². The molecular formula is C29H35N3O8S. The molecule has 41 heavy (non-hydrogen) atoms. The van der Waals surface area contributed by atoms with Gasteiger partial charge >= 0.3 is 16.2 Å². The van der Waals surface area contributed by atoms with Gasteiger partial charge in [-0.1, -0.05) is 25.3 Å². The van der Waals surface area contributed by atoms with Crippen molar-refractivity contribution in [3.8, 4) is 17.0 Å². The lowest BCUT2D eigenvalue weighted by molar-refractivity contribution is -0.178. The second-order valence-electron chi connectivity index (χ2n) is 10.9. The van der Waals surface area contributed by atoms with Crippen molar-refractivity contribution in [2.24, 2.45) is 0 Å². The van der Waals surface area contributed by atoms with Crippen molar-refractivity contribution in [1.82, 2.24) is 13.6 Å². The van der Waals surface area contributed by atoms with E-state index in [-0.39, 0.29) is 18.0 Å². The SMILES string of the molecule is COC(=O)[C@@]1(O)Cn2c(c(C3CCCCC3)c3ccc(C(=O)NS(=O)(=O)N(C)C)cc32)-c2ccc(OC)cc2[C@@H]1O. The van der Waals surface area contributed by atoms with Crippen LogP contribution < -0.4 is 9.46 Å². The van der Waals surface area contributed by atoms with Crippen LogP contribution in [0.25, 0.3) is 22.2 Å². The fraction of sp³-hybridized carbons (Fsp3) is 0.448. The van der Waals surface area contributed by atoms with E-state index in [0.29, 0.717) is 22.4 Å². The molecule has 0 radical (unpaired) electrons. The third-order valence-electron chi connectivity index (χ3n) is 8.28. The molecule has 2 aliphatic rings. The van der Waals surface area contributed by atoms with Crippen LogP contribution in [0.2, 0.25) is 0 Å². The van der Waals surface area contributed by atoms with Gasteiger partial charge in [0.1, 0.15) is 11.9 Å². The molecule has 12 heteroatoms. The number of hydrogen-bond donors (Lipinski definition) is 3. The van der Waals surface area contributed by atoms with Crippen molar-refractivity contribution in [2.75, 3.05) is 28.3 Å². The second-order valence-corrected chi connectivity index (χ2v) is 12.8. The summed E-state index contributed by atoms with van der Waals surface area (Å²) in [7, 11) is 1.22. The van der Waals surface area contributed by atoms with Gasteiger partial charge in [0, 0.05) is 36.1 Å². The first kappa shape index (κ1) is 29.1. The summed E-state index contributed by atoms with van der Waals surface area (Å²) < 4.78 is 39.8. The van der Waals surface area contributed by atoms with Gasteiger partial charge < -0.3 is 24.3 Å². The molecule has 0 saturated heterocycles. The van der Waals surface area contributed by atoms with E-state index in [1.807, 2.05) is 0 Å². The van der Waals surface area contributed by atoms with E-state index in [1.54, 1.807) is 41.0 Å². The fourth-order valence-electron chi connectivity index (χ4n) is 6.09. The molecule has 2 atom stereocenters. The quantitative estimate of drug-likeness (QED) is 0.374. The number of rotatable bonds is 6. The van der Waals surface area contributed by atoms with Crippen molar-refractivity contribution in [3.05, 3.63) is 53.1 Å². The summed E-state index contributed by atoms with van der Waals surface area (Å²) in [6.45, 7) is -0.364. The van der Waals surface area contributed by atoms with E-state index in [9.17, 15) is 28.2 Å². The maximum atomic E-state index is 13.1. The van der Waals surface area contributed by atoms with Crippen LogP contribution in [0, 0.1) is 0 Å². The number of amides is 1. The molecule has 0 spiro atoms. The highest BCUT2D eigenvalue weighted by Crippen LogP contribution is 2.50. The molecule has 2 heterocycles. The molecule has 0 bridgehead atoms. The Morgan fingerprint density at radius 3 is 2.41 bits per heavy atom. The average molecular weight is 586 g/mol. The van der Waals surface area contributed by atoms with E-state index in [1.165, 1.54) is 21.2 Å². The summed E-state index contributed by atoms with van der Waals surface area (Å²) in [5, 5.41) is 24.1. The van der Waals surface area contributed by atoms with Crippen LogP contribution in [-0.4, -0.2) is 73.3 Å². The van der Waals surface area contributed by atoms with Crippen LogP contribution in [-0.2, 0) is 26.3 Å². The van der Waals surface area contributed by atoms with Crippen molar-refractivity contribution < 1.29 is 37.7 Å². The molecule has 5 rings (SSSR count). The molecule has 3 aromatic rings. The summed E-state index contributed by atoms with van der Waals surface area (Å²) in [5.41, 5.74) is 0.890. The van der Waals surface area contributed by atoms with Gasteiger partial charge in [-0.3, -0.25) is 4.79 Å². The number of esters is 1. The molecule has 1 fully saturated rings. The van der Waals surface area contributed by atoms with Gasteiger partial charge in [0.05, 0.1) is 26.5 Å². The summed E-state index contributed by atoms with van der Waals surface area (Å²) in [6.07, 6.45) is 3.44. The summed E-state index contributed by atoms with van der Waals surface area (Å²) >= 11 is 0. The normalized spacial score (nSPS) is 21.2. The number of nitrogens with one attached hydrogen (secondary N) is 1. The minimum Gasteiger partial charge on any atom is -0.497 e. The third kappa shape index (κ3) is 4.88. The summed E-state index contributed by atoms with van der Waals surface area (Å²) in [4.78, 5) is 26.1. The Bertz CT molecular complexity index is 1620. The van der Waals surface area contributed by atoms with E-state index in [0.717, 1.165) is 60.2 Å². The molecule has 1 aliphatic heterocycles. The van der Waals surface area contributed by atoms with E-state index in [4.69, 9.17) is 9.47 Å². The minimum atomic E-state index is -4.04. The monoisotopic (exact) mass is 585 g/mol. The van der Waals surface area contributed by atoms with Gasteiger partial charge in [0.15, 0.2) is 0 Å². The van der Waals surface area contributed by atoms with Gasteiger partial charge in [-0.15, -0.1) is 0 Å². The fourth-order valence-corrected chi connectivity index (χ4v) is 6.63. The summed E-state index contributed by atoms with van der Waals surface area (Å²) in [5.74, 6) is -1.23. The van der Waals surface area contributed by atoms with E-state index in [2.05, 4.69) is 4.72 Å². The number of ether oxygens (including phenoxy) is 2. The number of aliphatic hydroxyl groups is 2. The van der Waals surface area contributed by atoms with Crippen LogP contribution >= 0.6 is 0 Å². The Labute approximate surface area is 238 Å². The second kappa shape index (κ2) is 10.8. The Kier molecular flexibility index (Phi) is 7.62. The highest BCUT2D eigenvalue weighted by Gasteiger charge is 2.50. The number of nitrogens with zero attached hydrogens (tertiary/aromatic N) is 2. The van der Waals surface area contributed by atoms with Gasteiger partial charge in [0.2, 0.25) is 5.60 Å². The highest BCUT2D eigenvalue weighted by molar-refractivity contribution is 7.87. The smallest absolute Gasteiger partial charge is 0.342 e. The number of carbonyl (C=O) groups is 2. The largest absolute Gasteiger partial charge is 0.497 e. The number of aromatic nitrogens is 1. The van der Waals surface area contributed by atoms with Crippen LogP contribution in [0.5, 0.6) is 5.75 Å². The maximum Gasteiger partial charge on any atom is 0.342 e. The number of carbonyl (C=O) groups excluding carboxylic acids is 2. The lowest BCUT2D eigenvalue weighted by atomic mass is 9.80. The van der Waals surface area contributed by atoms with Gasteiger partial charge in [-0.2, -0.15) is 12.7 Å². The molecule has 1 saturated carbocycles. The first-order valence-corrected chi connectivity index (χ1v) is 14.9. The average Bonchev–Trinajstić information content (AvgIpc) is 3.23. The van der Waals surface area contributed by atoms with Crippen molar-refractivity contribution in [2.45, 2.75) is 56.3 Å². The number of benzene rings is 2. The zero-order valence-electron chi connectivity index (χ0n) is 23.5. The predicted octanol–water partition coefficient (Wildman–Crippen LogP) is 2.85. The van der Waals surface area contributed by atoms with Crippen LogP contribution in [0.15, 0.2) is 36.4 Å². The minimum absolute atomic E-state index is 0.0831. The van der Waals surface area contributed by atoms with Crippen molar-refractivity contribution in [3.63, 3.8) is 0 Å². The van der Waals surface area contributed by atoms with Gasteiger partial charge in [-0.25, -0.2) is 9.52 Å². The topological polar surface area (TPSA) is 147 Å². The molecule has 0 unspecified atom stereocenters. The van der Waals surface area contributed by atoms with Crippen LogP contribution in [0.3, 0.4) is 0 Å². The zero-order valence-corrected chi connectivity index (χ0v) is 24.3. The third-order valence-corrected chi connectivity index (χ3v) is 9.69. The Morgan fingerprint density at radius 1 is 1.07 bits per heavy atom. The molecule has 1 aliphatic carbocycles. The highest BCUT2D eigenvalue weighted by atomic mass is 32.2. The number of methoxy groups -OCH3 is 2. The molecule has 1 amide bonds. The van der Waals surface area contributed by atoms with E-state index >= 15 is 0 Å². The first-order valence-electron chi connectivity index (χ1n) is 13.5. The Morgan fingerprint density at radius 2 is 1.78 bits per heavy atom. The van der Waals surface area contributed by atoms with Crippen molar-refractivity contribution in [1.29, 1.82) is 0 Å². The standard InChI is InChI=1S/C29H35N3O8S/c1-31(2)41(37,38)30-27(34)18-10-12-21-23(14-18)32-16-29(36,28(35)40-4)26(33)22-15-19(39-3)11-13-20(22)25(32)24(21)17-8-6-5-7-9-17/h10-15,17,26,33,36H,5-9,16H2,1-4H3,(H,30,34)/t26-,29+/m0/s1. The number of aliphatic hydroxyl groups excluding tert-OH is 1. The molecule has 2 aromatic carbocycles. The zero-order chi connectivity index (χ0) is 29.7. The lowest BCUT2D eigenvalue weighted by Gasteiger charge is -2.29. The predicted molar refractivity (Wildman–Crippen MR) is 152 cm³/mol. The Balaban J connectivity index is 1.82. The Hall–Kier alpha value is -3.45.